The average molecular weight is 347 g/mol. The smallest absolute Gasteiger partial charge is 0.251 e. The minimum atomic E-state index is -0.0838. The molecule has 2 aliphatic heterocycles. The van der Waals surface area contributed by atoms with E-state index in [0.29, 0.717) is 23.9 Å². The molecule has 5 nitrogen and oxygen atoms in total. The van der Waals surface area contributed by atoms with Crippen LogP contribution in [-0.4, -0.2) is 48.1 Å². The van der Waals surface area contributed by atoms with Gasteiger partial charge in [0.15, 0.2) is 0 Å². The summed E-state index contributed by atoms with van der Waals surface area (Å²) in [5.41, 5.74) is 1.33. The van der Waals surface area contributed by atoms with Crippen molar-refractivity contribution in [2.45, 2.75) is 37.6 Å². The molecular weight excluding hydrogens is 322 g/mol. The number of anilines is 1. The molecule has 24 heavy (non-hydrogen) atoms. The van der Waals surface area contributed by atoms with Crippen molar-refractivity contribution in [1.82, 2.24) is 10.2 Å². The van der Waals surface area contributed by atoms with Gasteiger partial charge in [-0.25, -0.2) is 0 Å². The maximum absolute atomic E-state index is 12.4. The highest BCUT2D eigenvalue weighted by Gasteiger charge is 2.22. The Morgan fingerprint density at radius 1 is 1.50 bits per heavy atom. The van der Waals surface area contributed by atoms with Crippen LogP contribution >= 0.6 is 11.8 Å². The summed E-state index contributed by atoms with van der Waals surface area (Å²) < 4.78 is 0. The lowest BCUT2D eigenvalue weighted by molar-refractivity contribution is -0.113. The molecule has 1 aromatic carbocycles. The molecule has 0 saturated carbocycles. The summed E-state index contributed by atoms with van der Waals surface area (Å²) in [7, 11) is 0. The average Bonchev–Trinajstić information content (AvgIpc) is 2.58. The minimum Gasteiger partial charge on any atom is -0.350 e. The van der Waals surface area contributed by atoms with Gasteiger partial charge in [-0.05, 0) is 50.4 Å². The van der Waals surface area contributed by atoms with Crippen LogP contribution in [0.5, 0.6) is 0 Å². The second-order valence-corrected chi connectivity index (χ2v) is 7.87. The number of carbonyl (C=O) groups is 2. The van der Waals surface area contributed by atoms with Crippen molar-refractivity contribution >= 4 is 29.3 Å². The Bertz CT molecular complexity index is 635. The molecule has 2 aliphatic rings. The highest BCUT2D eigenvalue weighted by atomic mass is 32.2. The topological polar surface area (TPSA) is 61.4 Å². The number of rotatable bonds is 4. The van der Waals surface area contributed by atoms with Gasteiger partial charge in [0.05, 0.1) is 11.4 Å². The number of fused-ring (bicyclic) bond motifs is 1. The third-order valence-electron chi connectivity index (χ3n) is 4.74. The highest BCUT2D eigenvalue weighted by molar-refractivity contribution is 8.00. The van der Waals surface area contributed by atoms with Crippen LogP contribution in [0.1, 0.15) is 37.0 Å². The monoisotopic (exact) mass is 347 g/mol. The van der Waals surface area contributed by atoms with Gasteiger partial charge < -0.3 is 10.6 Å². The number of nitrogens with zero attached hydrogens (tertiary/aromatic N) is 1. The van der Waals surface area contributed by atoms with E-state index in [9.17, 15) is 9.59 Å². The van der Waals surface area contributed by atoms with E-state index in [1.807, 2.05) is 12.1 Å². The molecule has 0 radical (unpaired) electrons. The van der Waals surface area contributed by atoms with Crippen LogP contribution in [0, 0.1) is 5.92 Å². The van der Waals surface area contributed by atoms with Crippen LogP contribution in [0.4, 0.5) is 5.69 Å². The zero-order valence-corrected chi connectivity index (χ0v) is 15.1. The molecule has 2 unspecified atom stereocenters. The maximum atomic E-state index is 12.4. The molecule has 1 fully saturated rings. The van der Waals surface area contributed by atoms with Crippen LogP contribution in [0.15, 0.2) is 23.1 Å². The Morgan fingerprint density at radius 2 is 2.33 bits per heavy atom. The van der Waals surface area contributed by atoms with E-state index >= 15 is 0 Å². The number of piperidine rings is 1. The van der Waals surface area contributed by atoms with Gasteiger partial charge in [-0.1, -0.05) is 6.92 Å². The number of carbonyl (C=O) groups excluding carboxylic acids is 2. The molecule has 2 heterocycles. The molecule has 1 saturated heterocycles. The van der Waals surface area contributed by atoms with E-state index in [4.69, 9.17) is 0 Å². The SMILES string of the molecule is CC1CCCN(C(C)CNC(=O)c2ccc3c(c2)NC(=O)CS3)C1. The van der Waals surface area contributed by atoms with Crippen LogP contribution in [0.25, 0.3) is 0 Å². The molecule has 2 amide bonds. The Balaban J connectivity index is 1.57. The van der Waals surface area contributed by atoms with Crippen molar-refractivity contribution < 1.29 is 9.59 Å². The lowest BCUT2D eigenvalue weighted by Crippen LogP contribution is -2.46. The first-order valence-electron chi connectivity index (χ1n) is 8.62. The van der Waals surface area contributed by atoms with Crippen LogP contribution in [0.3, 0.4) is 0 Å². The van der Waals surface area contributed by atoms with Gasteiger partial charge in [0.25, 0.3) is 5.91 Å². The summed E-state index contributed by atoms with van der Waals surface area (Å²) in [6.07, 6.45) is 2.54. The lowest BCUT2D eigenvalue weighted by Gasteiger charge is -2.35. The zero-order chi connectivity index (χ0) is 17.1. The number of nitrogens with one attached hydrogen (secondary N) is 2. The van der Waals surface area contributed by atoms with E-state index in [-0.39, 0.29) is 11.8 Å². The standard InChI is InChI=1S/C18H25N3O2S/c1-12-4-3-7-21(10-12)13(2)9-19-18(23)14-5-6-16-15(8-14)20-17(22)11-24-16/h5-6,8,12-13H,3-4,7,9-11H2,1-2H3,(H,19,23)(H,20,22). The van der Waals surface area contributed by atoms with Gasteiger partial charge in [-0.3, -0.25) is 14.5 Å². The van der Waals surface area contributed by atoms with Crippen molar-refractivity contribution in [3.63, 3.8) is 0 Å². The summed E-state index contributed by atoms with van der Waals surface area (Å²) in [5.74, 6) is 1.07. The largest absolute Gasteiger partial charge is 0.350 e. The minimum absolute atomic E-state index is 0.0158. The van der Waals surface area contributed by atoms with E-state index in [1.165, 1.54) is 24.6 Å². The van der Waals surface area contributed by atoms with E-state index in [0.717, 1.165) is 29.6 Å². The van der Waals surface area contributed by atoms with E-state index in [1.54, 1.807) is 6.07 Å². The molecule has 2 atom stereocenters. The molecule has 0 aliphatic carbocycles. The number of hydrogen-bond acceptors (Lipinski definition) is 4. The summed E-state index contributed by atoms with van der Waals surface area (Å²) in [6.45, 7) is 7.32. The second kappa shape index (κ2) is 7.57. The molecule has 1 aromatic rings. The first kappa shape index (κ1) is 17.3. The molecule has 0 aromatic heterocycles. The van der Waals surface area contributed by atoms with Gasteiger partial charge >= 0.3 is 0 Å². The predicted octanol–water partition coefficient (Wildman–Crippen LogP) is 2.58. The van der Waals surface area contributed by atoms with Gasteiger partial charge in [0, 0.05) is 29.6 Å². The first-order valence-corrected chi connectivity index (χ1v) is 9.60. The van der Waals surface area contributed by atoms with Crippen molar-refractivity contribution in [2.24, 2.45) is 5.92 Å². The fourth-order valence-electron chi connectivity index (χ4n) is 3.32. The third-order valence-corrected chi connectivity index (χ3v) is 5.82. The van der Waals surface area contributed by atoms with Gasteiger partial charge in [0.1, 0.15) is 0 Å². The maximum Gasteiger partial charge on any atom is 0.251 e. The molecule has 0 spiro atoms. The number of thioether (sulfide) groups is 1. The number of amides is 2. The molecule has 6 heteroatoms. The van der Waals surface area contributed by atoms with Gasteiger partial charge in [-0.15, -0.1) is 11.8 Å². The fraction of sp³-hybridized carbons (Fsp3) is 0.556. The Hall–Kier alpha value is -1.53. The number of likely N-dealkylation sites (tertiary alicyclic amines) is 1. The van der Waals surface area contributed by atoms with Crippen molar-refractivity contribution in [2.75, 3.05) is 30.7 Å². The van der Waals surface area contributed by atoms with E-state index < -0.39 is 0 Å². The quantitative estimate of drug-likeness (QED) is 0.879. The zero-order valence-electron chi connectivity index (χ0n) is 14.3. The Kier molecular flexibility index (Phi) is 5.46. The van der Waals surface area contributed by atoms with Crippen LogP contribution < -0.4 is 10.6 Å². The van der Waals surface area contributed by atoms with Gasteiger partial charge in [-0.2, -0.15) is 0 Å². The second-order valence-electron chi connectivity index (χ2n) is 6.85. The fourth-order valence-corrected chi connectivity index (χ4v) is 4.11. The van der Waals surface area contributed by atoms with Crippen molar-refractivity contribution in [1.29, 1.82) is 0 Å². The molecule has 3 rings (SSSR count). The summed E-state index contributed by atoms with van der Waals surface area (Å²) >= 11 is 1.50. The Morgan fingerprint density at radius 3 is 3.12 bits per heavy atom. The highest BCUT2D eigenvalue weighted by Crippen LogP contribution is 2.31. The van der Waals surface area contributed by atoms with Crippen LogP contribution in [0.2, 0.25) is 0 Å². The molecule has 2 N–H and O–H groups in total. The normalized spacial score (nSPS) is 22.4. The lowest BCUT2D eigenvalue weighted by atomic mass is 9.99. The van der Waals surface area contributed by atoms with E-state index in [2.05, 4.69) is 29.4 Å². The summed E-state index contributed by atoms with van der Waals surface area (Å²) in [6, 6.07) is 5.84. The van der Waals surface area contributed by atoms with Crippen molar-refractivity contribution in [3.05, 3.63) is 23.8 Å². The summed E-state index contributed by atoms with van der Waals surface area (Å²) in [4.78, 5) is 27.4. The Labute approximate surface area is 147 Å². The van der Waals surface area contributed by atoms with Crippen molar-refractivity contribution in [3.8, 4) is 0 Å². The summed E-state index contributed by atoms with van der Waals surface area (Å²) in [5, 5.41) is 5.86. The molecule has 0 bridgehead atoms. The number of hydrogen-bond donors (Lipinski definition) is 2. The molecular formula is C18H25N3O2S. The predicted molar refractivity (Wildman–Crippen MR) is 97.6 cm³/mol. The van der Waals surface area contributed by atoms with Gasteiger partial charge in [0.2, 0.25) is 5.91 Å². The third kappa shape index (κ3) is 4.11. The first-order chi connectivity index (χ1) is 11.5. The molecule has 130 valence electrons. The number of benzene rings is 1. The van der Waals surface area contributed by atoms with Crippen LogP contribution in [-0.2, 0) is 4.79 Å².